The van der Waals surface area contributed by atoms with E-state index in [0.717, 1.165) is 25.0 Å². The first kappa shape index (κ1) is 23.0. The Morgan fingerprint density at radius 3 is 2.31 bits per heavy atom. The van der Waals surface area contributed by atoms with Crippen molar-refractivity contribution in [3.63, 3.8) is 0 Å². The number of aryl methyl sites for hydroxylation is 2. The molecule has 35 heavy (non-hydrogen) atoms. The number of nitrogens with zero attached hydrogens (tertiary/aromatic N) is 5. The molecule has 180 valence electrons. The van der Waals surface area contributed by atoms with Crippen LogP contribution in [0.5, 0.6) is 0 Å². The molecular weight excluding hydrogens is 459 g/mol. The molecule has 1 aliphatic heterocycles. The minimum absolute atomic E-state index is 0.138. The second-order valence-corrected chi connectivity index (χ2v) is 9.21. The lowest BCUT2D eigenvalue weighted by atomic mass is 9.84. The predicted octanol–water partition coefficient (Wildman–Crippen LogP) is 4.90. The van der Waals surface area contributed by atoms with E-state index in [1.807, 2.05) is 6.07 Å². The van der Waals surface area contributed by atoms with E-state index in [1.54, 1.807) is 18.7 Å². The van der Waals surface area contributed by atoms with Gasteiger partial charge in [-0.3, -0.25) is 9.78 Å². The second-order valence-electron chi connectivity index (χ2n) is 9.21. The monoisotopic (exact) mass is 481 g/mol. The van der Waals surface area contributed by atoms with Gasteiger partial charge in [-0.2, -0.15) is 23.4 Å². The van der Waals surface area contributed by atoms with E-state index in [9.17, 15) is 23.2 Å². The molecule has 2 aromatic heterocycles. The summed E-state index contributed by atoms with van der Waals surface area (Å²) in [6.45, 7) is 4.53. The van der Waals surface area contributed by atoms with Crippen LogP contribution in [-0.2, 0) is 6.18 Å². The Morgan fingerprint density at radius 1 is 1.11 bits per heavy atom. The van der Waals surface area contributed by atoms with Gasteiger partial charge in [0.05, 0.1) is 28.1 Å². The van der Waals surface area contributed by atoms with Crippen molar-refractivity contribution >= 4 is 5.91 Å². The largest absolute Gasteiger partial charge is 0.416 e. The van der Waals surface area contributed by atoms with Gasteiger partial charge in [-0.25, -0.2) is 0 Å². The highest BCUT2D eigenvalue weighted by atomic mass is 19.4. The smallest absolute Gasteiger partial charge is 0.340 e. The molecule has 7 nitrogen and oxygen atoms in total. The first-order valence-electron chi connectivity index (χ1n) is 11.3. The van der Waals surface area contributed by atoms with Crippen LogP contribution >= 0.6 is 0 Å². The van der Waals surface area contributed by atoms with Crippen LogP contribution in [0.15, 0.2) is 34.9 Å². The average molecular weight is 481 g/mol. The standard InChI is InChI=1S/C25H22F3N5O2/c1-13-20(9-18(10-29)22(30-13)15-5-7-19(8-6-15)25(26,27)28)24(34)33-11-16-3-4-17(12-33)21(16)23-31-14(2)35-32-23/h5-9,16-17,21H,3-4,11-12H2,1-2H3/t16-,17+,21+. The van der Waals surface area contributed by atoms with E-state index in [-0.39, 0.29) is 34.9 Å². The highest BCUT2D eigenvalue weighted by Crippen LogP contribution is 2.47. The predicted molar refractivity (Wildman–Crippen MR) is 118 cm³/mol. The number of hydrogen-bond donors (Lipinski definition) is 0. The molecule has 10 heteroatoms. The number of pyridine rings is 1. The van der Waals surface area contributed by atoms with Crippen molar-refractivity contribution in [2.24, 2.45) is 11.8 Å². The lowest BCUT2D eigenvalue weighted by Gasteiger charge is -2.36. The zero-order valence-corrected chi connectivity index (χ0v) is 19.1. The maximum absolute atomic E-state index is 13.5. The first-order valence-corrected chi connectivity index (χ1v) is 11.3. The Hall–Kier alpha value is -3.74. The number of piperidine rings is 1. The summed E-state index contributed by atoms with van der Waals surface area (Å²) in [5.74, 6) is 1.64. The second kappa shape index (κ2) is 8.48. The van der Waals surface area contributed by atoms with Crippen molar-refractivity contribution in [1.29, 1.82) is 5.26 Å². The fourth-order valence-corrected chi connectivity index (χ4v) is 5.37. The summed E-state index contributed by atoms with van der Waals surface area (Å²) < 4.78 is 43.9. The number of aromatic nitrogens is 3. The average Bonchev–Trinajstić information content (AvgIpc) is 3.36. The molecule has 2 fully saturated rings. The van der Waals surface area contributed by atoms with Gasteiger partial charge in [0.25, 0.3) is 5.91 Å². The molecule has 1 aromatic carbocycles. The van der Waals surface area contributed by atoms with Crippen molar-refractivity contribution in [3.8, 4) is 17.3 Å². The zero-order valence-electron chi connectivity index (χ0n) is 19.1. The summed E-state index contributed by atoms with van der Waals surface area (Å²) in [6, 6.07) is 8.02. The van der Waals surface area contributed by atoms with Gasteiger partial charge in [-0.1, -0.05) is 17.3 Å². The first-order chi connectivity index (χ1) is 16.7. The van der Waals surface area contributed by atoms with Crippen molar-refractivity contribution in [1.82, 2.24) is 20.0 Å². The molecule has 1 saturated heterocycles. The van der Waals surface area contributed by atoms with Crippen molar-refractivity contribution < 1.29 is 22.5 Å². The third-order valence-corrected chi connectivity index (χ3v) is 7.01. The number of alkyl halides is 3. The van der Waals surface area contributed by atoms with Gasteiger partial charge in [-0.05, 0) is 49.8 Å². The fraction of sp³-hybridized carbons (Fsp3) is 0.400. The van der Waals surface area contributed by atoms with E-state index >= 15 is 0 Å². The fourth-order valence-electron chi connectivity index (χ4n) is 5.37. The minimum Gasteiger partial charge on any atom is -0.340 e. The SMILES string of the molecule is Cc1nc([C@H]2[C@@H]3CC[C@H]2CN(C(=O)c2cc(C#N)c(-c4ccc(C(F)(F)F)cc4)nc2C)C3)no1. The number of carbonyl (C=O) groups is 1. The van der Waals surface area contributed by atoms with Crippen LogP contribution in [-0.4, -0.2) is 39.0 Å². The molecule has 5 rings (SSSR count). The maximum atomic E-state index is 13.5. The van der Waals surface area contributed by atoms with Crippen LogP contribution in [0.1, 0.15) is 57.7 Å². The van der Waals surface area contributed by atoms with E-state index in [2.05, 4.69) is 15.1 Å². The van der Waals surface area contributed by atoms with Gasteiger partial charge in [0.1, 0.15) is 6.07 Å². The summed E-state index contributed by atoms with van der Waals surface area (Å²) in [7, 11) is 0. The molecule has 0 spiro atoms. The van der Waals surface area contributed by atoms with Crippen LogP contribution in [0.25, 0.3) is 11.3 Å². The minimum atomic E-state index is -4.45. The van der Waals surface area contributed by atoms with E-state index in [4.69, 9.17) is 4.52 Å². The molecule has 2 aliphatic rings. The third-order valence-electron chi connectivity index (χ3n) is 7.01. The molecule has 1 aliphatic carbocycles. The number of hydrogen-bond acceptors (Lipinski definition) is 6. The van der Waals surface area contributed by atoms with E-state index < -0.39 is 11.7 Å². The van der Waals surface area contributed by atoms with Crippen LogP contribution in [0.3, 0.4) is 0 Å². The van der Waals surface area contributed by atoms with Gasteiger partial charge < -0.3 is 9.42 Å². The summed E-state index contributed by atoms with van der Waals surface area (Å²) in [4.78, 5) is 24.1. The van der Waals surface area contributed by atoms with E-state index in [0.29, 0.717) is 41.6 Å². The number of nitriles is 1. The summed E-state index contributed by atoms with van der Waals surface area (Å²) in [6.07, 6.45) is -2.51. The number of fused-ring (bicyclic) bond motifs is 2. The summed E-state index contributed by atoms with van der Waals surface area (Å²) in [5, 5.41) is 13.8. The number of carbonyl (C=O) groups excluding carboxylic acids is 1. The van der Waals surface area contributed by atoms with Gasteiger partial charge in [-0.15, -0.1) is 0 Å². The quantitative estimate of drug-likeness (QED) is 0.528. The molecule has 0 unspecified atom stereocenters. The Morgan fingerprint density at radius 2 is 1.77 bits per heavy atom. The molecular formula is C25H22F3N5O2. The van der Waals surface area contributed by atoms with Gasteiger partial charge >= 0.3 is 6.18 Å². The highest BCUT2D eigenvalue weighted by molar-refractivity contribution is 5.96. The maximum Gasteiger partial charge on any atom is 0.416 e. The molecule has 3 atom stereocenters. The van der Waals surface area contributed by atoms with Gasteiger partial charge in [0, 0.05) is 31.5 Å². The van der Waals surface area contributed by atoms with Crippen LogP contribution in [0, 0.1) is 37.0 Å². The van der Waals surface area contributed by atoms with E-state index in [1.165, 1.54) is 18.2 Å². The molecule has 3 heterocycles. The Labute approximate surface area is 199 Å². The molecule has 0 N–H and O–H groups in total. The van der Waals surface area contributed by atoms with Crippen molar-refractivity contribution in [2.75, 3.05) is 13.1 Å². The third kappa shape index (κ3) is 4.16. The topological polar surface area (TPSA) is 95.9 Å². The van der Waals surface area contributed by atoms with Gasteiger partial charge in [0.15, 0.2) is 5.82 Å². The lowest BCUT2D eigenvalue weighted by molar-refractivity contribution is -0.137. The number of amides is 1. The summed E-state index contributed by atoms with van der Waals surface area (Å²) in [5.41, 5.74) is 0.737. The number of benzene rings is 1. The molecule has 0 radical (unpaired) electrons. The van der Waals surface area contributed by atoms with Crippen LogP contribution in [0.4, 0.5) is 13.2 Å². The molecule has 2 bridgehead atoms. The van der Waals surface area contributed by atoms with Crippen molar-refractivity contribution in [3.05, 3.63) is 64.4 Å². The normalized spacial score (nSPS) is 21.7. The van der Waals surface area contributed by atoms with Crippen molar-refractivity contribution in [2.45, 2.75) is 38.8 Å². The zero-order chi connectivity index (χ0) is 24.9. The lowest BCUT2D eigenvalue weighted by Crippen LogP contribution is -2.44. The Bertz CT molecular complexity index is 1310. The highest BCUT2D eigenvalue weighted by Gasteiger charge is 2.46. The Balaban J connectivity index is 1.40. The molecule has 3 aromatic rings. The van der Waals surface area contributed by atoms with Crippen LogP contribution < -0.4 is 0 Å². The molecule has 1 amide bonds. The van der Waals surface area contributed by atoms with Gasteiger partial charge in [0.2, 0.25) is 5.89 Å². The number of likely N-dealkylation sites (tertiary alicyclic amines) is 1. The summed E-state index contributed by atoms with van der Waals surface area (Å²) >= 11 is 0. The number of halogens is 3. The molecule has 1 saturated carbocycles. The number of rotatable bonds is 3. The Kier molecular flexibility index (Phi) is 5.58. The van der Waals surface area contributed by atoms with Crippen LogP contribution in [0.2, 0.25) is 0 Å².